The van der Waals surface area contributed by atoms with Crippen LogP contribution in [0.1, 0.15) is 85.5 Å². The fourth-order valence-electron chi connectivity index (χ4n) is 7.95. The summed E-state index contributed by atoms with van der Waals surface area (Å²) in [6, 6.07) is 0. The average Bonchev–Trinajstić information content (AvgIpc) is 2.98. The molecule has 4 aliphatic carbocycles. The van der Waals surface area contributed by atoms with Crippen molar-refractivity contribution < 1.29 is 14.3 Å². The number of hydrogen-bond donors (Lipinski definition) is 0. The number of thioether (sulfide) groups is 1. The maximum Gasteiger partial charge on any atom is 0.302 e. The summed E-state index contributed by atoms with van der Waals surface area (Å²) >= 11 is 1.64. The minimum absolute atomic E-state index is 0.164. The van der Waals surface area contributed by atoms with Gasteiger partial charge < -0.3 is 4.74 Å². The fourth-order valence-corrected chi connectivity index (χ4v) is 9.18. The first-order valence-corrected chi connectivity index (χ1v) is 12.6. The number of ether oxygens (including phenoxy) is 1. The predicted octanol–water partition coefficient (Wildman–Crippen LogP) is 6.17. The third kappa shape index (κ3) is 3.72. The highest BCUT2D eigenvalue weighted by Crippen LogP contribution is 2.68. The molecule has 0 aliphatic heterocycles. The lowest BCUT2D eigenvalue weighted by Gasteiger charge is -2.60. The zero-order chi connectivity index (χ0) is 20.8. The number of carbonyl (C=O) groups excluding carboxylic acids is 2. The standard InChI is InChI=1S/C25H38O3S/c1-16(26)28-14-11-18-8-9-20-23-21(10-13-25(18,20)4)24(3)12-6-5-7-19(24)15-22(23)29-17(2)27/h7,18,20-23H,5-6,8-15H2,1-4H3/t18-,20+,21+,22-,23+,24+,25-/m1/s1. The van der Waals surface area contributed by atoms with E-state index in [1.54, 1.807) is 24.3 Å². The highest BCUT2D eigenvalue weighted by Gasteiger charge is 2.61. The molecule has 0 unspecified atom stereocenters. The molecule has 0 spiro atoms. The van der Waals surface area contributed by atoms with Crippen LogP contribution >= 0.6 is 11.8 Å². The lowest BCUT2D eigenvalue weighted by Crippen LogP contribution is -2.54. The van der Waals surface area contributed by atoms with E-state index in [1.807, 2.05) is 0 Å². The molecule has 0 radical (unpaired) electrons. The number of rotatable bonds is 4. The van der Waals surface area contributed by atoms with Gasteiger partial charge in [-0.25, -0.2) is 0 Å². The summed E-state index contributed by atoms with van der Waals surface area (Å²) in [6.07, 6.45) is 13.6. The van der Waals surface area contributed by atoms with Crippen LogP contribution in [-0.4, -0.2) is 22.9 Å². The molecule has 3 fully saturated rings. The molecule has 0 aromatic heterocycles. The topological polar surface area (TPSA) is 43.4 Å². The summed E-state index contributed by atoms with van der Waals surface area (Å²) in [4.78, 5) is 23.4. The SMILES string of the molecule is CC(=O)OCC[C@H]1CC[C@H]2[C@@H]3[C@H](SC(C)=O)CC4=CCCC[C@]4(C)[C@H]3CC[C@]12C. The molecule has 0 aromatic rings. The maximum atomic E-state index is 12.2. The van der Waals surface area contributed by atoms with Crippen molar-refractivity contribution >= 4 is 22.8 Å². The predicted molar refractivity (Wildman–Crippen MR) is 119 cm³/mol. The van der Waals surface area contributed by atoms with Gasteiger partial charge in [0.25, 0.3) is 0 Å². The molecule has 0 N–H and O–H groups in total. The van der Waals surface area contributed by atoms with E-state index in [4.69, 9.17) is 4.74 Å². The van der Waals surface area contributed by atoms with Crippen LogP contribution in [0.25, 0.3) is 0 Å². The highest BCUT2D eigenvalue weighted by atomic mass is 32.2. The van der Waals surface area contributed by atoms with Gasteiger partial charge in [0.05, 0.1) is 6.61 Å². The summed E-state index contributed by atoms with van der Waals surface area (Å²) in [5.74, 6) is 2.57. The molecule has 4 rings (SSSR count). The first-order chi connectivity index (χ1) is 13.8. The molecular formula is C25H38O3S. The Morgan fingerprint density at radius 2 is 1.93 bits per heavy atom. The van der Waals surface area contributed by atoms with E-state index in [0.29, 0.717) is 40.4 Å². The Morgan fingerprint density at radius 1 is 1.14 bits per heavy atom. The molecule has 29 heavy (non-hydrogen) atoms. The fraction of sp³-hybridized carbons (Fsp3) is 0.840. The van der Waals surface area contributed by atoms with E-state index >= 15 is 0 Å². The lowest BCUT2D eigenvalue weighted by molar-refractivity contribution is -0.141. The van der Waals surface area contributed by atoms with Crippen LogP contribution < -0.4 is 0 Å². The number of carbonyl (C=O) groups is 2. The van der Waals surface area contributed by atoms with Crippen LogP contribution in [-0.2, 0) is 14.3 Å². The van der Waals surface area contributed by atoms with Crippen molar-refractivity contribution in [3.8, 4) is 0 Å². The van der Waals surface area contributed by atoms with E-state index in [-0.39, 0.29) is 11.1 Å². The summed E-state index contributed by atoms with van der Waals surface area (Å²) in [7, 11) is 0. The molecule has 0 aromatic carbocycles. The quantitative estimate of drug-likeness (QED) is 0.405. The van der Waals surface area contributed by atoms with Crippen molar-refractivity contribution in [1.29, 1.82) is 0 Å². The Balaban J connectivity index is 1.61. The molecule has 0 saturated heterocycles. The Bertz CT molecular complexity index is 700. The number of esters is 1. The van der Waals surface area contributed by atoms with Gasteiger partial charge in [0.15, 0.2) is 5.12 Å². The smallest absolute Gasteiger partial charge is 0.302 e. The zero-order valence-electron chi connectivity index (χ0n) is 18.7. The van der Waals surface area contributed by atoms with Gasteiger partial charge in [-0.2, -0.15) is 0 Å². The van der Waals surface area contributed by atoms with Crippen molar-refractivity contribution in [2.75, 3.05) is 6.61 Å². The average molecular weight is 419 g/mol. The summed E-state index contributed by atoms with van der Waals surface area (Å²) < 4.78 is 5.30. The molecule has 162 valence electrons. The van der Waals surface area contributed by atoms with Crippen molar-refractivity contribution in [1.82, 2.24) is 0 Å². The van der Waals surface area contributed by atoms with Gasteiger partial charge in [-0.05, 0) is 92.3 Å². The van der Waals surface area contributed by atoms with Gasteiger partial charge in [0.2, 0.25) is 0 Å². The van der Waals surface area contributed by atoms with E-state index in [0.717, 1.165) is 18.8 Å². The van der Waals surface area contributed by atoms with Crippen LogP contribution in [0.4, 0.5) is 0 Å². The second kappa shape index (κ2) is 8.05. The number of fused-ring (bicyclic) bond motifs is 5. The molecule has 0 amide bonds. The molecular weight excluding hydrogens is 380 g/mol. The first-order valence-electron chi connectivity index (χ1n) is 11.8. The second-order valence-corrected chi connectivity index (χ2v) is 12.0. The molecule has 4 heteroatoms. The maximum absolute atomic E-state index is 12.2. The van der Waals surface area contributed by atoms with Crippen LogP contribution in [0.15, 0.2) is 11.6 Å². The molecule has 3 saturated carbocycles. The van der Waals surface area contributed by atoms with E-state index in [9.17, 15) is 9.59 Å². The van der Waals surface area contributed by atoms with Crippen LogP contribution in [0, 0.1) is 34.5 Å². The van der Waals surface area contributed by atoms with Crippen LogP contribution in [0.3, 0.4) is 0 Å². The van der Waals surface area contributed by atoms with E-state index in [2.05, 4.69) is 19.9 Å². The largest absolute Gasteiger partial charge is 0.466 e. The normalized spacial score (nSPS) is 43.6. The first kappa shape index (κ1) is 21.5. The van der Waals surface area contributed by atoms with Crippen molar-refractivity contribution in [3.05, 3.63) is 11.6 Å². The van der Waals surface area contributed by atoms with Crippen molar-refractivity contribution in [2.24, 2.45) is 34.5 Å². The van der Waals surface area contributed by atoms with Crippen LogP contribution in [0.2, 0.25) is 0 Å². The second-order valence-electron chi connectivity index (χ2n) is 10.6. The molecule has 0 heterocycles. The van der Waals surface area contributed by atoms with Gasteiger partial charge in [0, 0.05) is 19.1 Å². The minimum atomic E-state index is -0.164. The Labute approximate surface area is 180 Å². The zero-order valence-corrected chi connectivity index (χ0v) is 19.5. The summed E-state index contributed by atoms with van der Waals surface area (Å²) in [6.45, 7) is 8.88. The monoisotopic (exact) mass is 418 g/mol. The Morgan fingerprint density at radius 3 is 2.66 bits per heavy atom. The van der Waals surface area contributed by atoms with E-state index < -0.39 is 0 Å². The highest BCUT2D eigenvalue weighted by molar-refractivity contribution is 8.14. The molecule has 3 nitrogen and oxygen atoms in total. The minimum Gasteiger partial charge on any atom is -0.466 e. The number of allylic oxidation sites excluding steroid dienone is 2. The van der Waals surface area contributed by atoms with E-state index in [1.165, 1.54) is 51.9 Å². The van der Waals surface area contributed by atoms with Gasteiger partial charge in [-0.3, -0.25) is 9.59 Å². The van der Waals surface area contributed by atoms with Crippen molar-refractivity contribution in [2.45, 2.75) is 90.7 Å². The van der Waals surface area contributed by atoms with Gasteiger partial charge in [-0.1, -0.05) is 37.3 Å². The van der Waals surface area contributed by atoms with Crippen LogP contribution in [0.5, 0.6) is 0 Å². The number of hydrogen-bond acceptors (Lipinski definition) is 4. The molecule has 0 bridgehead atoms. The molecule has 7 atom stereocenters. The Kier molecular flexibility index (Phi) is 5.96. The third-order valence-corrected chi connectivity index (χ3v) is 10.4. The Hall–Kier alpha value is -0.770. The summed E-state index contributed by atoms with van der Waals surface area (Å²) in [5, 5.41) is 0.734. The molecule has 4 aliphatic rings. The van der Waals surface area contributed by atoms with Gasteiger partial charge >= 0.3 is 5.97 Å². The van der Waals surface area contributed by atoms with Crippen molar-refractivity contribution in [3.63, 3.8) is 0 Å². The third-order valence-electron chi connectivity index (χ3n) is 9.31. The lowest BCUT2D eigenvalue weighted by atomic mass is 9.46. The van der Waals surface area contributed by atoms with Gasteiger partial charge in [0.1, 0.15) is 0 Å². The summed E-state index contributed by atoms with van der Waals surface area (Å²) in [5.41, 5.74) is 2.36. The van der Waals surface area contributed by atoms with Gasteiger partial charge in [-0.15, -0.1) is 0 Å².